The fourth-order valence-electron chi connectivity index (χ4n) is 1.03. The second-order valence-corrected chi connectivity index (χ2v) is 3.56. The zero-order chi connectivity index (χ0) is 14.0. The van der Waals surface area contributed by atoms with Crippen LogP contribution in [0.3, 0.4) is 0 Å². The van der Waals surface area contributed by atoms with Gasteiger partial charge in [0.25, 0.3) is 6.47 Å². The zero-order valence-electron chi connectivity index (χ0n) is 10.3. The van der Waals surface area contributed by atoms with E-state index < -0.39 is 0 Å². The third-order valence-electron chi connectivity index (χ3n) is 1.65. The van der Waals surface area contributed by atoms with E-state index in [1.54, 1.807) is 12.1 Å². The summed E-state index contributed by atoms with van der Waals surface area (Å²) < 4.78 is 0. The molecule has 0 amide bonds. The van der Waals surface area contributed by atoms with E-state index in [0.717, 1.165) is 5.56 Å². The topological polar surface area (TPSA) is 54.4 Å². The van der Waals surface area contributed by atoms with E-state index in [4.69, 9.17) is 33.1 Å². The van der Waals surface area contributed by atoms with Crippen molar-refractivity contribution in [1.29, 1.82) is 0 Å². The maximum atomic E-state index is 11.0. The molecule has 0 bridgehead atoms. The predicted molar refractivity (Wildman–Crippen MR) is 71.2 cm³/mol. The maximum Gasteiger partial charge on any atom is 0.290 e. The van der Waals surface area contributed by atoms with Gasteiger partial charge in [-0.15, -0.1) is 0 Å². The van der Waals surface area contributed by atoms with Crippen LogP contribution in [-0.4, -0.2) is 17.4 Å². The van der Waals surface area contributed by atoms with E-state index in [9.17, 15) is 4.79 Å². The van der Waals surface area contributed by atoms with Crippen LogP contribution in [0.25, 0.3) is 0 Å². The molecule has 0 aliphatic heterocycles. The van der Waals surface area contributed by atoms with Crippen molar-refractivity contribution < 1.29 is 14.7 Å². The number of rotatable bonds is 1. The molecular weight excluding hydrogens is 263 g/mol. The van der Waals surface area contributed by atoms with Gasteiger partial charge in [0.1, 0.15) is 0 Å². The first-order valence-corrected chi connectivity index (χ1v) is 5.74. The molecule has 0 spiro atoms. The lowest BCUT2D eigenvalue weighted by molar-refractivity contribution is -0.122. The van der Waals surface area contributed by atoms with Crippen LogP contribution in [-0.2, 0) is 4.79 Å². The van der Waals surface area contributed by atoms with Crippen molar-refractivity contribution in [3.05, 3.63) is 33.3 Å². The summed E-state index contributed by atoms with van der Waals surface area (Å²) in [6, 6.07) is 3.29. The van der Waals surface area contributed by atoms with Crippen molar-refractivity contribution >= 4 is 35.5 Å². The van der Waals surface area contributed by atoms with Gasteiger partial charge in [-0.05, 0) is 31.5 Å². The first kappa shape index (κ1) is 18.3. The number of carbonyl (C=O) groups excluding carboxylic acids is 1. The molecule has 0 aliphatic rings. The van der Waals surface area contributed by atoms with Gasteiger partial charge in [-0.1, -0.05) is 37.0 Å². The molecule has 0 saturated carbocycles. The molecule has 0 saturated heterocycles. The molecule has 17 heavy (non-hydrogen) atoms. The summed E-state index contributed by atoms with van der Waals surface area (Å²) in [5, 5.41) is 7.80. The number of halogens is 2. The Morgan fingerprint density at radius 2 is 1.59 bits per heavy atom. The first-order valence-electron chi connectivity index (χ1n) is 4.98. The molecule has 0 radical (unpaired) electrons. The quantitative estimate of drug-likeness (QED) is 0.618. The maximum absolute atomic E-state index is 11.0. The van der Waals surface area contributed by atoms with Crippen molar-refractivity contribution in [1.82, 2.24) is 0 Å². The van der Waals surface area contributed by atoms with E-state index in [-0.39, 0.29) is 12.3 Å². The van der Waals surface area contributed by atoms with E-state index in [1.165, 1.54) is 6.92 Å². The Labute approximate surface area is 111 Å². The molecule has 0 unspecified atom stereocenters. The highest BCUT2D eigenvalue weighted by Crippen LogP contribution is 2.25. The van der Waals surface area contributed by atoms with Crippen molar-refractivity contribution in [3.63, 3.8) is 0 Å². The number of hydrogen-bond donors (Lipinski definition) is 1. The average molecular weight is 279 g/mol. The summed E-state index contributed by atoms with van der Waals surface area (Å²) >= 11 is 11.5. The fourth-order valence-corrected chi connectivity index (χ4v) is 1.41. The highest BCUT2D eigenvalue weighted by molar-refractivity contribution is 6.42. The van der Waals surface area contributed by atoms with E-state index >= 15 is 0 Å². The van der Waals surface area contributed by atoms with Crippen molar-refractivity contribution in [3.8, 4) is 0 Å². The lowest BCUT2D eigenvalue weighted by Gasteiger charge is -2.03. The summed E-state index contributed by atoms with van der Waals surface area (Å²) in [5.74, 6) is 0.00562. The molecule has 5 heteroatoms. The number of benzene rings is 1. The van der Waals surface area contributed by atoms with Gasteiger partial charge in [0.2, 0.25) is 0 Å². The number of aryl methyl sites for hydroxylation is 1. The minimum Gasteiger partial charge on any atom is -0.483 e. The second kappa shape index (κ2) is 10.1. The molecule has 1 aromatic carbocycles. The highest BCUT2D eigenvalue weighted by atomic mass is 35.5. The van der Waals surface area contributed by atoms with Crippen LogP contribution in [0, 0.1) is 6.92 Å². The van der Waals surface area contributed by atoms with Gasteiger partial charge in [0, 0.05) is 5.56 Å². The fraction of sp³-hybridized carbons (Fsp3) is 0.333. The van der Waals surface area contributed by atoms with Gasteiger partial charge in [-0.2, -0.15) is 0 Å². The number of Topliss-reactive ketones (excluding diaryl/α,β-unsaturated/α-hetero) is 1. The van der Waals surface area contributed by atoms with Crippen LogP contribution in [0.4, 0.5) is 0 Å². The Balaban J connectivity index is 0. The predicted octanol–water partition coefficient (Wildman–Crippen LogP) is 4.23. The van der Waals surface area contributed by atoms with Crippen LogP contribution in [0.5, 0.6) is 0 Å². The zero-order valence-corrected chi connectivity index (χ0v) is 11.8. The Hall–Kier alpha value is -1.06. The molecule has 1 N–H and O–H groups in total. The van der Waals surface area contributed by atoms with Crippen molar-refractivity contribution in [2.75, 3.05) is 0 Å². The van der Waals surface area contributed by atoms with Crippen LogP contribution in [0.1, 0.15) is 36.7 Å². The van der Waals surface area contributed by atoms with Gasteiger partial charge in [-0.25, -0.2) is 0 Å². The highest BCUT2D eigenvalue weighted by Gasteiger charge is 2.07. The lowest BCUT2D eigenvalue weighted by atomic mass is 10.1. The number of carbonyl (C=O) groups is 2. The Morgan fingerprint density at radius 3 is 1.94 bits per heavy atom. The molecule has 0 aliphatic carbocycles. The first-order chi connectivity index (χ1) is 7.93. The molecule has 3 nitrogen and oxygen atoms in total. The van der Waals surface area contributed by atoms with E-state index in [2.05, 4.69) is 0 Å². The lowest BCUT2D eigenvalue weighted by Crippen LogP contribution is -1.95. The Morgan fingerprint density at radius 1 is 1.24 bits per heavy atom. The number of carboxylic acid groups (broad SMARTS) is 1. The minimum atomic E-state index is -0.250. The van der Waals surface area contributed by atoms with E-state index in [1.807, 2.05) is 20.8 Å². The van der Waals surface area contributed by atoms with E-state index in [0.29, 0.717) is 15.6 Å². The molecule has 0 aromatic heterocycles. The normalized spacial score (nSPS) is 8.12. The summed E-state index contributed by atoms with van der Waals surface area (Å²) in [5.41, 5.74) is 1.49. The third-order valence-corrected chi connectivity index (χ3v) is 2.37. The van der Waals surface area contributed by atoms with Crippen molar-refractivity contribution in [2.24, 2.45) is 0 Å². The van der Waals surface area contributed by atoms with Gasteiger partial charge < -0.3 is 5.11 Å². The largest absolute Gasteiger partial charge is 0.483 e. The molecular formula is C12H16Cl2O3. The Kier molecular flexibility index (Phi) is 10.9. The molecule has 0 fully saturated rings. The number of hydrogen-bond acceptors (Lipinski definition) is 2. The van der Waals surface area contributed by atoms with Crippen LogP contribution < -0.4 is 0 Å². The van der Waals surface area contributed by atoms with Gasteiger partial charge >= 0.3 is 0 Å². The molecule has 0 atom stereocenters. The van der Waals surface area contributed by atoms with Crippen LogP contribution >= 0.6 is 23.2 Å². The second-order valence-electron chi connectivity index (χ2n) is 2.74. The summed E-state index contributed by atoms with van der Waals surface area (Å²) in [4.78, 5) is 19.4. The van der Waals surface area contributed by atoms with Gasteiger partial charge in [-0.3, -0.25) is 9.59 Å². The third kappa shape index (κ3) is 6.97. The standard InChI is InChI=1S/C9H8Cl2O.C2H6.CH2O2/c1-5-3-8(10)9(11)4-7(5)6(2)12;1-2;2-1-3/h3-4H,1-2H3;1-2H3;1H,(H,2,3). The summed E-state index contributed by atoms with van der Waals surface area (Å²) in [6.45, 7) is 7.09. The smallest absolute Gasteiger partial charge is 0.290 e. The Bertz CT molecular complexity index is 376. The molecule has 0 heterocycles. The average Bonchev–Trinajstić information content (AvgIpc) is 2.27. The molecule has 1 aromatic rings. The van der Waals surface area contributed by atoms with Gasteiger partial charge in [0.05, 0.1) is 10.0 Å². The van der Waals surface area contributed by atoms with Crippen LogP contribution in [0.2, 0.25) is 10.0 Å². The minimum absolute atomic E-state index is 0.00562. The van der Waals surface area contributed by atoms with Gasteiger partial charge in [0.15, 0.2) is 5.78 Å². The van der Waals surface area contributed by atoms with Crippen molar-refractivity contribution in [2.45, 2.75) is 27.7 Å². The molecule has 1 rings (SSSR count). The summed E-state index contributed by atoms with van der Waals surface area (Å²) in [7, 11) is 0. The van der Waals surface area contributed by atoms with Crippen LogP contribution in [0.15, 0.2) is 12.1 Å². The number of ketones is 1. The SMILES string of the molecule is CC.CC(=O)c1cc(Cl)c(Cl)cc1C.O=CO. The molecule has 96 valence electrons. The summed E-state index contributed by atoms with van der Waals surface area (Å²) in [6.07, 6.45) is 0. The monoisotopic (exact) mass is 278 g/mol.